The summed E-state index contributed by atoms with van der Waals surface area (Å²) in [6.07, 6.45) is 2.77. The van der Waals surface area contributed by atoms with E-state index in [9.17, 15) is 4.79 Å². The summed E-state index contributed by atoms with van der Waals surface area (Å²) in [5.74, 6) is 0.297. The monoisotopic (exact) mass is 345 g/mol. The van der Waals surface area contributed by atoms with Gasteiger partial charge in [-0.3, -0.25) is 4.79 Å². The molecule has 0 spiro atoms. The zero-order valence-electron chi connectivity index (χ0n) is 12.1. The van der Waals surface area contributed by atoms with E-state index in [2.05, 4.69) is 10.3 Å². The van der Waals surface area contributed by atoms with Crippen molar-refractivity contribution in [1.82, 2.24) is 4.98 Å². The Morgan fingerprint density at radius 1 is 1.35 bits per heavy atom. The molecular formula is C16H12ClN3O2S. The highest BCUT2D eigenvalue weighted by atomic mass is 35.5. The van der Waals surface area contributed by atoms with Gasteiger partial charge in [0.05, 0.1) is 12.5 Å². The molecule has 116 valence electrons. The molecule has 0 radical (unpaired) electrons. The Balaban J connectivity index is 2.03. The summed E-state index contributed by atoms with van der Waals surface area (Å²) >= 11 is 7.07. The number of nitrogens with one attached hydrogen (secondary N) is 2. The topological polar surface area (TPSA) is 75.1 Å². The molecular weight excluding hydrogens is 334 g/mol. The molecule has 2 N–H and O–H groups in total. The number of anilines is 1. The lowest BCUT2D eigenvalue weighted by Crippen LogP contribution is -2.12. The third-order valence-electron chi connectivity index (χ3n) is 3.26. The van der Waals surface area contributed by atoms with Crippen LogP contribution < -0.4 is 10.1 Å². The first-order valence-electron chi connectivity index (χ1n) is 6.67. The van der Waals surface area contributed by atoms with Crippen LogP contribution in [0.4, 0.5) is 5.69 Å². The fourth-order valence-electron chi connectivity index (χ4n) is 2.21. The SMILES string of the molecule is COc1ccnc2sc(C(=O)Nc3ccc(Cl)cc3)c(C=N)c12. The van der Waals surface area contributed by atoms with Crippen molar-refractivity contribution < 1.29 is 9.53 Å². The van der Waals surface area contributed by atoms with Crippen molar-refractivity contribution in [3.05, 3.63) is 52.0 Å². The molecule has 3 aromatic rings. The zero-order valence-corrected chi connectivity index (χ0v) is 13.7. The first-order valence-corrected chi connectivity index (χ1v) is 7.86. The number of carbonyl (C=O) groups excluding carboxylic acids is 1. The Morgan fingerprint density at radius 2 is 2.09 bits per heavy atom. The lowest BCUT2D eigenvalue weighted by Gasteiger charge is -2.05. The van der Waals surface area contributed by atoms with Crippen molar-refractivity contribution in [2.75, 3.05) is 12.4 Å². The lowest BCUT2D eigenvalue weighted by molar-refractivity contribution is 0.103. The van der Waals surface area contributed by atoms with Gasteiger partial charge in [0, 0.05) is 28.7 Å². The number of nitrogens with zero attached hydrogens (tertiary/aromatic N) is 1. The van der Waals surface area contributed by atoms with Gasteiger partial charge in [-0.2, -0.15) is 0 Å². The number of halogens is 1. The first kappa shape index (κ1) is 15.5. The van der Waals surface area contributed by atoms with E-state index in [-0.39, 0.29) is 5.91 Å². The van der Waals surface area contributed by atoms with Gasteiger partial charge in [-0.15, -0.1) is 11.3 Å². The Morgan fingerprint density at radius 3 is 2.74 bits per heavy atom. The average molecular weight is 346 g/mol. The van der Waals surface area contributed by atoms with Crippen molar-refractivity contribution in [3.8, 4) is 5.75 Å². The quantitative estimate of drug-likeness (QED) is 0.695. The Labute approximate surface area is 141 Å². The summed E-state index contributed by atoms with van der Waals surface area (Å²) in [7, 11) is 1.55. The number of hydrogen-bond acceptors (Lipinski definition) is 5. The molecule has 0 saturated carbocycles. The highest BCUT2D eigenvalue weighted by molar-refractivity contribution is 7.21. The van der Waals surface area contributed by atoms with Gasteiger partial charge in [-0.25, -0.2) is 4.98 Å². The molecule has 0 aliphatic rings. The van der Waals surface area contributed by atoms with Crippen molar-refractivity contribution in [1.29, 1.82) is 5.41 Å². The molecule has 1 aromatic carbocycles. The van der Waals surface area contributed by atoms with Crippen LogP contribution in [0.1, 0.15) is 15.2 Å². The van der Waals surface area contributed by atoms with E-state index in [0.717, 1.165) is 6.21 Å². The van der Waals surface area contributed by atoms with Gasteiger partial charge in [0.25, 0.3) is 5.91 Å². The summed E-state index contributed by atoms with van der Waals surface area (Å²) in [6, 6.07) is 8.55. The lowest BCUT2D eigenvalue weighted by atomic mass is 10.1. The molecule has 2 heterocycles. The molecule has 0 saturated heterocycles. The van der Waals surface area contributed by atoms with Crippen LogP contribution in [-0.2, 0) is 0 Å². The number of aromatic nitrogens is 1. The smallest absolute Gasteiger partial charge is 0.266 e. The molecule has 0 aliphatic carbocycles. The molecule has 3 rings (SSSR count). The van der Waals surface area contributed by atoms with Crippen LogP contribution in [-0.4, -0.2) is 24.2 Å². The first-order chi connectivity index (χ1) is 11.1. The second-order valence-electron chi connectivity index (χ2n) is 4.64. The van der Waals surface area contributed by atoms with Crippen LogP contribution in [0, 0.1) is 5.41 Å². The number of carbonyl (C=O) groups is 1. The van der Waals surface area contributed by atoms with E-state index in [1.54, 1.807) is 43.6 Å². The average Bonchev–Trinajstić information content (AvgIpc) is 2.95. The van der Waals surface area contributed by atoms with Crippen molar-refractivity contribution in [3.63, 3.8) is 0 Å². The van der Waals surface area contributed by atoms with Gasteiger partial charge in [0.2, 0.25) is 0 Å². The Kier molecular flexibility index (Phi) is 4.27. The maximum Gasteiger partial charge on any atom is 0.266 e. The molecule has 0 bridgehead atoms. The van der Waals surface area contributed by atoms with Gasteiger partial charge >= 0.3 is 0 Å². The number of amides is 1. The minimum atomic E-state index is -0.295. The summed E-state index contributed by atoms with van der Waals surface area (Å²) in [6.45, 7) is 0. The van der Waals surface area contributed by atoms with Crippen LogP contribution >= 0.6 is 22.9 Å². The van der Waals surface area contributed by atoms with Crippen molar-refractivity contribution in [2.24, 2.45) is 0 Å². The molecule has 1 amide bonds. The van der Waals surface area contributed by atoms with Gasteiger partial charge in [-0.1, -0.05) is 11.6 Å². The zero-order chi connectivity index (χ0) is 16.4. The minimum Gasteiger partial charge on any atom is -0.496 e. The number of thiophene rings is 1. The number of methoxy groups -OCH3 is 1. The number of benzene rings is 1. The number of ether oxygens (including phenoxy) is 1. The fraction of sp³-hybridized carbons (Fsp3) is 0.0625. The van der Waals surface area contributed by atoms with Crippen molar-refractivity contribution >= 4 is 51.0 Å². The van der Waals surface area contributed by atoms with Crippen LogP contribution in [0.15, 0.2) is 36.5 Å². The summed E-state index contributed by atoms with van der Waals surface area (Å²) in [4.78, 5) is 17.9. The van der Waals surface area contributed by atoms with Crippen LogP contribution in [0.25, 0.3) is 10.2 Å². The summed E-state index contributed by atoms with van der Waals surface area (Å²) in [5, 5.41) is 11.7. The number of pyridine rings is 1. The van der Waals surface area contributed by atoms with E-state index in [1.165, 1.54) is 11.3 Å². The van der Waals surface area contributed by atoms with Gasteiger partial charge < -0.3 is 15.5 Å². The van der Waals surface area contributed by atoms with Gasteiger partial charge in [0.1, 0.15) is 15.5 Å². The molecule has 0 unspecified atom stereocenters. The highest BCUT2D eigenvalue weighted by Crippen LogP contribution is 2.35. The Hall–Kier alpha value is -2.44. The molecule has 2 aromatic heterocycles. The van der Waals surface area contributed by atoms with E-state index in [0.29, 0.717) is 37.1 Å². The summed E-state index contributed by atoms with van der Waals surface area (Å²) in [5.41, 5.74) is 1.13. The third-order valence-corrected chi connectivity index (χ3v) is 4.63. The minimum absolute atomic E-state index is 0.295. The maximum absolute atomic E-state index is 12.5. The molecule has 5 nitrogen and oxygen atoms in total. The number of fused-ring (bicyclic) bond motifs is 1. The third kappa shape index (κ3) is 2.91. The van der Waals surface area contributed by atoms with E-state index in [4.69, 9.17) is 21.7 Å². The van der Waals surface area contributed by atoms with E-state index in [1.807, 2.05) is 0 Å². The largest absolute Gasteiger partial charge is 0.496 e. The standard InChI is InChI=1S/C16H12ClN3O2S/c1-22-12-6-7-19-16-13(12)11(8-18)14(23-16)15(21)20-10-4-2-9(17)3-5-10/h2-8,18H,1H3,(H,20,21). The van der Waals surface area contributed by atoms with Gasteiger partial charge in [-0.05, 0) is 30.3 Å². The number of rotatable bonds is 4. The predicted octanol–water partition coefficient (Wildman–Crippen LogP) is 4.21. The van der Waals surface area contributed by atoms with E-state index >= 15 is 0 Å². The molecule has 0 aliphatic heterocycles. The Bertz CT molecular complexity index is 890. The second kappa shape index (κ2) is 6.36. The second-order valence-corrected chi connectivity index (χ2v) is 6.08. The van der Waals surface area contributed by atoms with Crippen LogP contribution in [0.5, 0.6) is 5.75 Å². The normalized spacial score (nSPS) is 10.5. The molecule has 0 fully saturated rings. The highest BCUT2D eigenvalue weighted by Gasteiger charge is 2.20. The number of hydrogen-bond donors (Lipinski definition) is 2. The summed E-state index contributed by atoms with van der Waals surface area (Å²) < 4.78 is 5.31. The fourth-order valence-corrected chi connectivity index (χ4v) is 3.37. The van der Waals surface area contributed by atoms with Crippen LogP contribution in [0.3, 0.4) is 0 Å². The molecule has 7 heteroatoms. The molecule has 23 heavy (non-hydrogen) atoms. The molecule has 0 atom stereocenters. The predicted molar refractivity (Wildman–Crippen MR) is 93.5 cm³/mol. The van der Waals surface area contributed by atoms with Crippen LogP contribution in [0.2, 0.25) is 5.02 Å². The van der Waals surface area contributed by atoms with E-state index < -0.39 is 0 Å². The van der Waals surface area contributed by atoms with Crippen molar-refractivity contribution in [2.45, 2.75) is 0 Å². The maximum atomic E-state index is 12.5. The van der Waals surface area contributed by atoms with Gasteiger partial charge in [0.15, 0.2) is 0 Å².